The maximum atomic E-state index is 11.9. The maximum absolute atomic E-state index is 11.9. The standard InChI is InChI=1S/C22H19N3O3S/c1-13-10-14(2)20-17(11-13)24-19(28-20)12-15-5-7-16(8-6-15)23-22(29)25-21(26)18-4-3-9-27-18/h3-11H,12H2,1-2H3,(H2,23,25,26,29). The van der Waals surface area contributed by atoms with E-state index in [0.717, 1.165) is 27.9 Å². The average Bonchev–Trinajstić information content (AvgIpc) is 3.33. The summed E-state index contributed by atoms with van der Waals surface area (Å²) in [5, 5.41) is 5.75. The van der Waals surface area contributed by atoms with Crippen molar-refractivity contribution in [1.29, 1.82) is 0 Å². The fourth-order valence-electron chi connectivity index (χ4n) is 3.11. The third-order valence-electron chi connectivity index (χ3n) is 4.40. The van der Waals surface area contributed by atoms with E-state index in [9.17, 15) is 4.79 Å². The number of benzene rings is 2. The van der Waals surface area contributed by atoms with E-state index < -0.39 is 5.91 Å². The number of fused-ring (bicyclic) bond motifs is 1. The Balaban J connectivity index is 1.39. The Morgan fingerprint density at radius 2 is 1.93 bits per heavy atom. The Hall–Kier alpha value is -3.45. The van der Waals surface area contributed by atoms with E-state index >= 15 is 0 Å². The van der Waals surface area contributed by atoms with Crippen molar-refractivity contribution in [2.45, 2.75) is 20.3 Å². The molecule has 0 aliphatic carbocycles. The minimum atomic E-state index is -0.398. The van der Waals surface area contributed by atoms with Gasteiger partial charge in [0.05, 0.1) is 6.26 Å². The van der Waals surface area contributed by atoms with Gasteiger partial charge in [-0.05, 0) is 73.1 Å². The van der Waals surface area contributed by atoms with Gasteiger partial charge in [0.2, 0.25) is 0 Å². The highest BCUT2D eigenvalue weighted by atomic mass is 32.1. The van der Waals surface area contributed by atoms with E-state index in [4.69, 9.17) is 21.1 Å². The first kappa shape index (κ1) is 18.9. The number of carbonyl (C=O) groups excluding carboxylic acids is 1. The SMILES string of the molecule is Cc1cc(C)c2oc(Cc3ccc(NC(=S)NC(=O)c4ccco4)cc3)nc2c1. The number of nitrogens with one attached hydrogen (secondary N) is 2. The van der Waals surface area contributed by atoms with Gasteiger partial charge in [0.15, 0.2) is 22.3 Å². The molecule has 0 saturated heterocycles. The second kappa shape index (κ2) is 7.89. The number of amides is 1. The minimum absolute atomic E-state index is 0.198. The van der Waals surface area contributed by atoms with Gasteiger partial charge in [0, 0.05) is 12.1 Å². The zero-order valence-corrected chi connectivity index (χ0v) is 16.8. The Kier molecular flexibility index (Phi) is 5.14. The van der Waals surface area contributed by atoms with Crippen LogP contribution in [-0.4, -0.2) is 16.0 Å². The predicted octanol–water partition coefficient (Wildman–Crippen LogP) is 4.76. The van der Waals surface area contributed by atoms with Crippen LogP contribution in [-0.2, 0) is 6.42 Å². The summed E-state index contributed by atoms with van der Waals surface area (Å²) < 4.78 is 11.0. The monoisotopic (exact) mass is 405 g/mol. The topological polar surface area (TPSA) is 80.3 Å². The summed E-state index contributed by atoms with van der Waals surface area (Å²) in [4.78, 5) is 16.5. The lowest BCUT2D eigenvalue weighted by Gasteiger charge is -2.09. The molecule has 2 aromatic heterocycles. The number of hydrogen-bond acceptors (Lipinski definition) is 5. The van der Waals surface area contributed by atoms with Crippen LogP contribution in [0.2, 0.25) is 0 Å². The molecule has 0 unspecified atom stereocenters. The molecule has 4 aromatic rings. The van der Waals surface area contributed by atoms with Crippen molar-refractivity contribution in [3.05, 3.63) is 83.1 Å². The number of furan rings is 1. The van der Waals surface area contributed by atoms with Crippen molar-refractivity contribution in [2.24, 2.45) is 0 Å². The number of nitrogens with zero attached hydrogens (tertiary/aromatic N) is 1. The Bertz CT molecular complexity index is 1180. The van der Waals surface area contributed by atoms with Crippen molar-refractivity contribution in [3.63, 3.8) is 0 Å². The zero-order chi connectivity index (χ0) is 20.4. The summed E-state index contributed by atoms with van der Waals surface area (Å²) in [6.45, 7) is 4.08. The van der Waals surface area contributed by atoms with Crippen molar-refractivity contribution in [1.82, 2.24) is 10.3 Å². The molecule has 2 N–H and O–H groups in total. The molecule has 2 aromatic carbocycles. The first-order chi connectivity index (χ1) is 14.0. The summed E-state index contributed by atoms with van der Waals surface area (Å²) in [5.74, 6) is 0.481. The molecule has 4 rings (SSSR count). The molecule has 146 valence electrons. The van der Waals surface area contributed by atoms with Crippen molar-refractivity contribution >= 4 is 40.0 Å². The largest absolute Gasteiger partial charge is 0.459 e. The lowest BCUT2D eigenvalue weighted by Crippen LogP contribution is -2.33. The van der Waals surface area contributed by atoms with E-state index in [2.05, 4.69) is 21.7 Å². The summed E-state index contributed by atoms with van der Waals surface area (Å²) in [7, 11) is 0. The molecule has 0 spiro atoms. The van der Waals surface area contributed by atoms with Crippen LogP contribution in [0.1, 0.15) is 33.1 Å². The van der Waals surface area contributed by atoms with Gasteiger partial charge in [0.25, 0.3) is 5.91 Å². The summed E-state index contributed by atoms with van der Waals surface area (Å²) in [5.41, 5.74) is 5.79. The number of aryl methyl sites for hydroxylation is 2. The quantitative estimate of drug-likeness (QED) is 0.477. The molecule has 2 heterocycles. The fourth-order valence-corrected chi connectivity index (χ4v) is 3.32. The third-order valence-corrected chi connectivity index (χ3v) is 4.61. The molecule has 0 saturated carbocycles. The molecule has 7 heteroatoms. The molecule has 0 atom stereocenters. The molecule has 1 amide bonds. The van der Waals surface area contributed by atoms with Gasteiger partial charge in [-0.15, -0.1) is 0 Å². The maximum Gasteiger partial charge on any atom is 0.293 e. The van der Waals surface area contributed by atoms with E-state index in [-0.39, 0.29) is 10.9 Å². The van der Waals surface area contributed by atoms with Crippen LogP contribution in [0.4, 0.5) is 5.69 Å². The molecule has 0 radical (unpaired) electrons. The summed E-state index contributed by atoms with van der Waals surface area (Å²) >= 11 is 5.17. The normalized spacial score (nSPS) is 10.8. The van der Waals surface area contributed by atoms with Crippen LogP contribution in [0.15, 0.2) is 63.6 Å². The number of hydrogen-bond donors (Lipinski definition) is 2. The number of oxazole rings is 1. The van der Waals surface area contributed by atoms with Crippen molar-refractivity contribution in [2.75, 3.05) is 5.32 Å². The third kappa shape index (κ3) is 4.35. The van der Waals surface area contributed by atoms with Gasteiger partial charge in [-0.25, -0.2) is 4.98 Å². The van der Waals surface area contributed by atoms with Crippen molar-refractivity contribution in [3.8, 4) is 0 Å². The minimum Gasteiger partial charge on any atom is -0.459 e. The number of rotatable bonds is 4. The fraction of sp³-hybridized carbons (Fsp3) is 0.136. The first-order valence-electron chi connectivity index (χ1n) is 9.09. The average molecular weight is 405 g/mol. The van der Waals surface area contributed by atoms with Crippen LogP contribution in [0.25, 0.3) is 11.1 Å². The summed E-state index contributed by atoms with van der Waals surface area (Å²) in [6, 6.07) is 15.0. The predicted molar refractivity (Wildman–Crippen MR) is 115 cm³/mol. The van der Waals surface area contributed by atoms with Crippen LogP contribution in [0.5, 0.6) is 0 Å². The van der Waals surface area contributed by atoms with Gasteiger partial charge in [-0.2, -0.15) is 0 Å². The number of aromatic nitrogens is 1. The lowest BCUT2D eigenvalue weighted by atomic mass is 10.1. The first-order valence-corrected chi connectivity index (χ1v) is 9.50. The highest BCUT2D eigenvalue weighted by Gasteiger charge is 2.11. The molecular formula is C22H19N3O3S. The second-order valence-corrected chi connectivity index (χ2v) is 7.21. The lowest BCUT2D eigenvalue weighted by molar-refractivity contribution is 0.0950. The molecule has 6 nitrogen and oxygen atoms in total. The van der Waals surface area contributed by atoms with Gasteiger partial charge >= 0.3 is 0 Å². The molecular weight excluding hydrogens is 386 g/mol. The van der Waals surface area contributed by atoms with Crippen LogP contribution < -0.4 is 10.6 Å². The van der Waals surface area contributed by atoms with E-state index in [1.165, 1.54) is 11.8 Å². The Morgan fingerprint density at radius 3 is 2.66 bits per heavy atom. The Labute approximate surface area is 172 Å². The van der Waals surface area contributed by atoms with Crippen LogP contribution in [0.3, 0.4) is 0 Å². The molecule has 0 fully saturated rings. The van der Waals surface area contributed by atoms with Crippen molar-refractivity contribution < 1.29 is 13.6 Å². The molecule has 0 aliphatic rings. The van der Waals surface area contributed by atoms with Gasteiger partial charge in [0.1, 0.15) is 5.52 Å². The van der Waals surface area contributed by atoms with Gasteiger partial charge in [-0.1, -0.05) is 18.2 Å². The second-order valence-electron chi connectivity index (χ2n) is 6.80. The highest BCUT2D eigenvalue weighted by Crippen LogP contribution is 2.23. The van der Waals surface area contributed by atoms with E-state index in [1.54, 1.807) is 12.1 Å². The van der Waals surface area contributed by atoms with Crippen LogP contribution >= 0.6 is 12.2 Å². The molecule has 29 heavy (non-hydrogen) atoms. The van der Waals surface area contributed by atoms with Gasteiger partial charge in [-0.3, -0.25) is 10.1 Å². The smallest absolute Gasteiger partial charge is 0.293 e. The number of anilines is 1. The number of thiocarbonyl (C=S) groups is 1. The highest BCUT2D eigenvalue weighted by molar-refractivity contribution is 7.80. The summed E-state index contributed by atoms with van der Waals surface area (Å²) in [6.07, 6.45) is 2.02. The van der Waals surface area contributed by atoms with Crippen LogP contribution in [0, 0.1) is 13.8 Å². The molecule has 0 bridgehead atoms. The van der Waals surface area contributed by atoms with E-state index in [0.29, 0.717) is 12.3 Å². The molecule has 0 aliphatic heterocycles. The Morgan fingerprint density at radius 1 is 1.14 bits per heavy atom. The van der Waals surface area contributed by atoms with Gasteiger partial charge < -0.3 is 14.2 Å². The zero-order valence-electron chi connectivity index (χ0n) is 16.0. The number of carbonyl (C=O) groups is 1. The van der Waals surface area contributed by atoms with E-state index in [1.807, 2.05) is 44.2 Å².